The molecule has 2 aromatic carbocycles. The fourth-order valence-electron chi connectivity index (χ4n) is 3.16. The van der Waals surface area contributed by atoms with E-state index in [9.17, 15) is 9.18 Å². The van der Waals surface area contributed by atoms with Crippen LogP contribution in [0.25, 0.3) is 0 Å². The van der Waals surface area contributed by atoms with Gasteiger partial charge < -0.3 is 15.0 Å². The number of carbonyl (C=O) groups is 1. The number of nitrogens with one attached hydrogen (secondary N) is 1. The van der Waals surface area contributed by atoms with Crippen molar-refractivity contribution in [2.45, 2.75) is 0 Å². The second-order valence-electron chi connectivity index (χ2n) is 6.41. The lowest BCUT2D eigenvalue weighted by molar-refractivity contribution is 0.0944. The molecule has 5 nitrogen and oxygen atoms in total. The molecule has 0 saturated carbocycles. The van der Waals surface area contributed by atoms with E-state index in [1.54, 1.807) is 18.2 Å². The summed E-state index contributed by atoms with van der Waals surface area (Å²) in [6.07, 6.45) is 0. The summed E-state index contributed by atoms with van der Waals surface area (Å²) in [5, 5.41) is 3.42. The van der Waals surface area contributed by atoms with Gasteiger partial charge in [0.1, 0.15) is 11.6 Å². The van der Waals surface area contributed by atoms with Gasteiger partial charge in [0.2, 0.25) is 0 Å². The third kappa shape index (κ3) is 5.11. The zero-order chi connectivity index (χ0) is 19.2. The molecular formula is C20H23ClFN3O2. The molecule has 27 heavy (non-hydrogen) atoms. The third-order valence-electron chi connectivity index (χ3n) is 4.68. The van der Waals surface area contributed by atoms with Crippen LogP contribution >= 0.6 is 11.6 Å². The number of piperazine rings is 1. The Hall–Kier alpha value is -2.31. The second-order valence-corrected chi connectivity index (χ2v) is 6.84. The fourth-order valence-corrected chi connectivity index (χ4v) is 3.33. The van der Waals surface area contributed by atoms with Crippen LogP contribution in [-0.4, -0.2) is 57.2 Å². The van der Waals surface area contributed by atoms with Gasteiger partial charge in [0.25, 0.3) is 5.91 Å². The van der Waals surface area contributed by atoms with Crippen molar-refractivity contribution >= 4 is 23.2 Å². The molecule has 1 heterocycles. The van der Waals surface area contributed by atoms with E-state index in [1.165, 1.54) is 19.2 Å². The Balaban J connectivity index is 1.45. The van der Waals surface area contributed by atoms with E-state index >= 15 is 0 Å². The van der Waals surface area contributed by atoms with Crippen LogP contribution in [0.5, 0.6) is 5.75 Å². The maximum atomic E-state index is 13.0. The number of hydrogen-bond donors (Lipinski definition) is 1. The lowest BCUT2D eigenvalue weighted by Gasteiger charge is -2.36. The van der Waals surface area contributed by atoms with Crippen molar-refractivity contribution in [2.24, 2.45) is 0 Å². The molecule has 0 unspecified atom stereocenters. The standard InChI is InChI=1S/C20H23ClFN3O2/c1-27-19-7-2-15(21)14-18(19)20(26)23-8-9-24-10-12-25(13-11-24)17-5-3-16(22)4-6-17/h2-7,14H,8-13H2,1H3,(H,23,26). The lowest BCUT2D eigenvalue weighted by atomic mass is 10.2. The number of anilines is 1. The number of benzene rings is 2. The highest BCUT2D eigenvalue weighted by Crippen LogP contribution is 2.22. The van der Waals surface area contributed by atoms with Crippen molar-refractivity contribution < 1.29 is 13.9 Å². The first kappa shape index (κ1) is 19.5. The van der Waals surface area contributed by atoms with Crippen LogP contribution in [0.4, 0.5) is 10.1 Å². The molecule has 1 amide bonds. The lowest BCUT2D eigenvalue weighted by Crippen LogP contribution is -2.48. The number of nitrogens with zero attached hydrogens (tertiary/aromatic N) is 2. The van der Waals surface area contributed by atoms with Crippen LogP contribution in [0, 0.1) is 5.82 Å². The van der Waals surface area contributed by atoms with E-state index in [4.69, 9.17) is 16.3 Å². The van der Waals surface area contributed by atoms with Crippen molar-refractivity contribution in [2.75, 3.05) is 51.3 Å². The number of carbonyl (C=O) groups excluding carboxylic acids is 1. The van der Waals surface area contributed by atoms with Crippen LogP contribution in [0.2, 0.25) is 5.02 Å². The van der Waals surface area contributed by atoms with Gasteiger partial charge in [-0.25, -0.2) is 4.39 Å². The first-order valence-corrected chi connectivity index (χ1v) is 9.29. The predicted octanol–water partition coefficient (Wildman–Crippen LogP) is 3.04. The van der Waals surface area contributed by atoms with Crippen LogP contribution < -0.4 is 15.0 Å². The molecule has 0 atom stereocenters. The van der Waals surface area contributed by atoms with Gasteiger partial charge in [-0.3, -0.25) is 9.69 Å². The number of hydrogen-bond acceptors (Lipinski definition) is 4. The Morgan fingerprint density at radius 1 is 1.15 bits per heavy atom. The molecule has 1 aliphatic heterocycles. The number of ether oxygens (including phenoxy) is 1. The molecule has 7 heteroatoms. The fraction of sp³-hybridized carbons (Fsp3) is 0.350. The average molecular weight is 392 g/mol. The molecule has 1 N–H and O–H groups in total. The number of rotatable bonds is 6. The van der Waals surface area contributed by atoms with Crippen LogP contribution in [0.3, 0.4) is 0 Å². The number of amides is 1. The van der Waals surface area contributed by atoms with Gasteiger partial charge in [-0.05, 0) is 42.5 Å². The van der Waals surface area contributed by atoms with Crippen molar-refractivity contribution in [1.82, 2.24) is 10.2 Å². The van der Waals surface area contributed by atoms with Crippen molar-refractivity contribution in [3.8, 4) is 5.75 Å². The average Bonchev–Trinajstić information content (AvgIpc) is 2.69. The molecular weight excluding hydrogens is 369 g/mol. The maximum absolute atomic E-state index is 13.0. The first-order valence-electron chi connectivity index (χ1n) is 8.91. The van der Waals surface area contributed by atoms with Crippen molar-refractivity contribution in [3.63, 3.8) is 0 Å². The minimum atomic E-state index is -0.218. The zero-order valence-electron chi connectivity index (χ0n) is 15.3. The molecule has 144 valence electrons. The normalized spacial score (nSPS) is 14.9. The van der Waals surface area contributed by atoms with Gasteiger partial charge in [-0.1, -0.05) is 11.6 Å². The summed E-state index contributed by atoms with van der Waals surface area (Å²) in [6, 6.07) is 11.6. The molecule has 0 spiro atoms. The first-order chi connectivity index (χ1) is 13.1. The summed E-state index contributed by atoms with van der Waals surface area (Å²) in [6.45, 7) is 4.86. The molecule has 1 fully saturated rings. The summed E-state index contributed by atoms with van der Waals surface area (Å²) in [7, 11) is 1.53. The topological polar surface area (TPSA) is 44.8 Å². The summed E-state index contributed by atoms with van der Waals surface area (Å²) < 4.78 is 18.3. The molecule has 2 aromatic rings. The van der Waals surface area contributed by atoms with Crippen LogP contribution in [0.1, 0.15) is 10.4 Å². The van der Waals surface area contributed by atoms with E-state index in [1.807, 2.05) is 12.1 Å². The molecule has 0 aromatic heterocycles. The smallest absolute Gasteiger partial charge is 0.255 e. The Labute approximate surface area is 163 Å². The van der Waals surface area contributed by atoms with Gasteiger partial charge in [-0.15, -0.1) is 0 Å². The summed E-state index contributed by atoms with van der Waals surface area (Å²) in [4.78, 5) is 16.9. The summed E-state index contributed by atoms with van der Waals surface area (Å²) in [5.41, 5.74) is 1.48. The largest absolute Gasteiger partial charge is 0.496 e. The Kier molecular flexibility index (Phi) is 6.53. The van der Waals surface area contributed by atoms with Crippen LogP contribution in [-0.2, 0) is 0 Å². The summed E-state index contributed by atoms with van der Waals surface area (Å²) in [5.74, 6) is 0.0913. The Morgan fingerprint density at radius 2 is 1.85 bits per heavy atom. The monoisotopic (exact) mass is 391 g/mol. The Bertz CT molecular complexity index is 777. The minimum absolute atomic E-state index is 0.195. The Morgan fingerprint density at radius 3 is 2.52 bits per heavy atom. The summed E-state index contributed by atoms with van der Waals surface area (Å²) >= 11 is 5.98. The van der Waals surface area contributed by atoms with Gasteiger partial charge in [0.05, 0.1) is 12.7 Å². The van der Waals surface area contributed by atoms with Gasteiger partial charge in [0, 0.05) is 50.0 Å². The molecule has 0 radical (unpaired) electrons. The third-order valence-corrected chi connectivity index (χ3v) is 4.92. The highest BCUT2D eigenvalue weighted by molar-refractivity contribution is 6.31. The quantitative estimate of drug-likeness (QED) is 0.822. The maximum Gasteiger partial charge on any atom is 0.255 e. The molecule has 0 bridgehead atoms. The minimum Gasteiger partial charge on any atom is -0.496 e. The van der Waals surface area contributed by atoms with Crippen molar-refractivity contribution in [3.05, 3.63) is 58.9 Å². The van der Waals surface area contributed by atoms with E-state index in [0.717, 1.165) is 38.4 Å². The predicted molar refractivity (Wildman–Crippen MR) is 105 cm³/mol. The highest BCUT2D eigenvalue weighted by Gasteiger charge is 2.18. The van der Waals surface area contributed by atoms with E-state index in [-0.39, 0.29) is 11.7 Å². The molecule has 1 saturated heterocycles. The van der Waals surface area contributed by atoms with Gasteiger partial charge in [-0.2, -0.15) is 0 Å². The zero-order valence-corrected chi connectivity index (χ0v) is 16.0. The van der Waals surface area contributed by atoms with Crippen LogP contribution in [0.15, 0.2) is 42.5 Å². The molecule has 1 aliphatic rings. The van der Waals surface area contributed by atoms with E-state index in [2.05, 4.69) is 15.1 Å². The van der Waals surface area contributed by atoms with Crippen molar-refractivity contribution in [1.29, 1.82) is 0 Å². The molecule has 0 aliphatic carbocycles. The second kappa shape index (κ2) is 9.06. The SMILES string of the molecule is COc1ccc(Cl)cc1C(=O)NCCN1CCN(c2ccc(F)cc2)CC1. The number of halogens is 2. The highest BCUT2D eigenvalue weighted by atomic mass is 35.5. The van der Waals surface area contributed by atoms with Gasteiger partial charge >= 0.3 is 0 Å². The van der Waals surface area contributed by atoms with E-state index < -0.39 is 0 Å². The van der Waals surface area contributed by atoms with Gasteiger partial charge in [0.15, 0.2) is 0 Å². The number of methoxy groups -OCH3 is 1. The molecule has 3 rings (SSSR count). The van der Waals surface area contributed by atoms with E-state index in [0.29, 0.717) is 22.9 Å².